The van der Waals surface area contributed by atoms with Gasteiger partial charge in [-0.05, 0) is 27.2 Å². The summed E-state index contributed by atoms with van der Waals surface area (Å²) < 4.78 is 0. The van der Waals surface area contributed by atoms with Gasteiger partial charge >= 0.3 is 0 Å². The number of nitrogens with two attached hydrogens (primary N) is 1. The minimum absolute atomic E-state index is 0.00424. The summed E-state index contributed by atoms with van der Waals surface area (Å²) in [5, 5.41) is 6.46. The van der Waals surface area contributed by atoms with Crippen LogP contribution in [0.3, 0.4) is 0 Å². The Bertz CT molecular complexity index is 348. The van der Waals surface area contributed by atoms with Gasteiger partial charge in [0.2, 0.25) is 5.95 Å². The number of nitrogen functional groups attached to an aromatic ring is 1. The van der Waals surface area contributed by atoms with Crippen LogP contribution < -0.4 is 16.4 Å². The van der Waals surface area contributed by atoms with Gasteiger partial charge in [-0.2, -0.15) is 9.97 Å². The van der Waals surface area contributed by atoms with E-state index in [9.17, 15) is 0 Å². The number of nitrogens with one attached hydrogen (secondary N) is 2. The van der Waals surface area contributed by atoms with Gasteiger partial charge in [0.05, 0.1) is 0 Å². The first-order valence-corrected chi connectivity index (χ1v) is 5.63. The molecule has 90 valence electrons. The smallest absolute Gasteiger partial charge is 0.223 e. The molecule has 5 nitrogen and oxygen atoms in total. The molecule has 0 amide bonds. The van der Waals surface area contributed by atoms with E-state index in [0.717, 1.165) is 24.6 Å². The second-order valence-corrected chi connectivity index (χ2v) is 4.39. The fourth-order valence-corrected chi connectivity index (χ4v) is 1.24. The molecule has 0 saturated heterocycles. The minimum atomic E-state index is 0.00424. The summed E-state index contributed by atoms with van der Waals surface area (Å²) >= 11 is 0. The molecular weight excluding hydrogens is 202 g/mol. The first kappa shape index (κ1) is 12.5. The maximum atomic E-state index is 5.65. The molecule has 0 radical (unpaired) electrons. The summed E-state index contributed by atoms with van der Waals surface area (Å²) in [5.74, 6) is 1.80. The van der Waals surface area contributed by atoms with Gasteiger partial charge in [0.15, 0.2) is 0 Å². The molecule has 1 heterocycles. The highest BCUT2D eigenvalue weighted by molar-refractivity contribution is 5.51. The zero-order valence-corrected chi connectivity index (χ0v) is 10.5. The predicted octanol–water partition coefficient (Wildman–Crippen LogP) is 2.09. The SMILES string of the molecule is CCNc1cc(NC(C)(C)CC)nc(N)n1. The Morgan fingerprint density at radius 2 is 1.88 bits per heavy atom. The molecule has 0 aliphatic carbocycles. The first-order chi connectivity index (χ1) is 7.46. The lowest BCUT2D eigenvalue weighted by Crippen LogP contribution is -2.30. The van der Waals surface area contributed by atoms with Crippen molar-refractivity contribution in [2.45, 2.75) is 39.7 Å². The molecule has 0 bridgehead atoms. The van der Waals surface area contributed by atoms with Crippen LogP contribution in [0.25, 0.3) is 0 Å². The van der Waals surface area contributed by atoms with Gasteiger partial charge in [-0.3, -0.25) is 0 Å². The molecule has 0 atom stereocenters. The van der Waals surface area contributed by atoms with Crippen molar-refractivity contribution in [2.75, 3.05) is 22.9 Å². The molecule has 1 rings (SSSR count). The Morgan fingerprint density at radius 1 is 1.25 bits per heavy atom. The summed E-state index contributed by atoms with van der Waals surface area (Å²) in [6.07, 6.45) is 1.01. The van der Waals surface area contributed by atoms with Crippen LogP contribution in [0.4, 0.5) is 17.6 Å². The Hall–Kier alpha value is -1.52. The van der Waals surface area contributed by atoms with Crippen molar-refractivity contribution in [1.82, 2.24) is 9.97 Å². The minimum Gasteiger partial charge on any atom is -0.370 e. The van der Waals surface area contributed by atoms with Crippen molar-refractivity contribution in [3.63, 3.8) is 0 Å². The Morgan fingerprint density at radius 3 is 2.44 bits per heavy atom. The highest BCUT2D eigenvalue weighted by Crippen LogP contribution is 2.19. The number of hydrogen-bond donors (Lipinski definition) is 3. The summed E-state index contributed by atoms with van der Waals surface area (Å²) in [6.45, 7) is 9.20. The van der Waals surface area contributed by atoms with Gasteiger partial charge in [-0.25, -0.2) is 0 Å². The van der Waals surface area contributed by atoms with Crippen LogP contribution in [-0.4, -0.2) is 22.1 Å². The fourth-order valence-electron chi connectivity index (χ4n) is 1.24. The molecule has 0 aliphatic heterocycles. The summed E-state index contributed by atoms with van der Waals surface area (Å²) in [6, 6.07) is 1.87. The maximum absolute atomic E-state index is 5.65. The van der Waals surface area contributed by atoms with Gasteiger partial charge in [0.1, 0.15) is 11.6 Å². The summed E-state index contributed by atoms with van der Waals surface area (Å²) in [7, 11) is 0. The Kier molecular flexibility index (Phi) is 3.93. The van der Waals surface area contributed by atoms with Crippen molar-refractivity contribution in [3.8, 4) is 0 Å². The molecule has 4 N–H and O–H groups in total. The molecule has 0 aromatic carbocycles. The second-order valence-electron chi connectivity index (χ2n) is 4.39. The lowest BCUT2D eigenvalue weighted by molar-refractivity contribution is 0.545. The first-order valence-electron chi connectivity index (χ1n) is 5.63. The molecular formula is C11H21N5. The quantitative estimate of drug-likeness (QED) is 0.712. The van der Waals surface area contributed by atoms with Crippen LogP contribution in [0, 0.1) is 0 Å². The topological polar surface area (TPSA) is 75.9 Å². The molecule has 5 heteroatoms. The number of aromatic nitrogens is 2. The number of hydrogen-bond acceptors (Lipinski definition) is 5. The molecule has 1 aromatic rings. The normalized spacial score (nSPS) is 11.2. The van der Waals surface area contributed by atoms with Crippen molar-refractivity contribution in [1.29, 1.82) is 0 Å². The monoisotopic (exact) mass is 223 g/mol. The zero-order chi connectivity index (χ0) is 12.2. The van der Waals surface area contributed by atoms with E-state index in [4.69, 9.17) is 5.73 Å². The van der Waals surface area contributed by atoms with Gasteiger partial charge in [-0.15, -0.1) is 0 Å². The van der Waals surface area contributed by atoms with E-state index in [1.807, 2.05) is 13.0 Å². The third-order valence-electron chi connectivity index (χ3n) is 2.45. The standard InChI is InChI=1S/C11H21N5/c1-5-11(3,4)16-9-7-8(13-6-2)14-10(12)15-9/h7H,5-6H2,1-4H3,(H4,12,13,14,15,16). The van der Waals surface area contributed by atoms with E-state index in [1.54, 1.807) is 0 Å². The van der Waals surface area contributed by atoms with Crippen LogP contribution in [-0.2, 0) is 0 Å². The van der Waals surface area contributed by atoms with Crippen molar-refractivity contribution >= 4 is 17.6 Å². The van der Waals surface area contributed by atoms with Gasteiger partial charge in [0.25, 0.3) is 0 Å². The predicted molar refractivity (Wildman–Crippen MR) is 68.6 cm³/mol. The highest BCUT2D eigenvalue weighted by Gasteiger charge is 2.15. The number of anilines is 3. The van der Waals surface area contributed by atoms with Crippen molar-refractivity contribution in [3.05, 3.63) is 6.07 Å². The van der Waals surface area contributed by atoms with Crippen LogP contribution >= 0.6 is 0 Å². The van der Waals surface area contributed by atoms with E-state index in [1.165, 1.54) is 0 Å². The van der Waals surface area contributed by atoms with Gasteiger partial charge in [-0.1, -0.05) is 6.92 Å². The molecule has 0 unspecified atom stereocenters. The van der Waals surface area contributed by atoms with Crippen LogP contribution in [0.1, 0.15) is 34.1 Å². The van der Waals surface area contributed by atoms with Crippen LogP contribution in [0.2, 0.25) is 0 Å². The molecule has 0 aliphatic rings. The number of rotatable bonds is 5. The molecule has 0 fully saturated rings. The van der Waals surface area contributed by atoms with E-state index in [0.29, 0.717) is 0 Å². The third-order valence-corrected chi connectivity index (χ3v) is 2.45. The van der Waals surface area contributed by atoms with Crippen LogP contribution in [0.5, 0.6) is 0 Å². The molecule has 0 saturated carbocycles. The van der Waals surface area contributed by atoms with E-state index >= 15 is 0 Å². The largest absolute Gasteiger partial charge is 0.370 e. The van der Waals surface area contributed by atoms with E-state index in [2.05, 4.69) is 41.4 Å². The Balaban J connectivity index is 2.87. The third kappa shape index (κ3) is 3.56. The van der Waals surface area contributed by atoms with Crippen molar-refractivity contribution in [2.24, 2.45) is 0 Å². The zero-order valence-electron chi connectivity index (χ0n) is 10.5. The molecule has 1 aromatic heterocycles. The highest BCUT2D eigenvalue weighted by atomic mass is 15.1. The van der Waals surface area contributed by atoms with Gasteiger partial charge in [0, 0.05) is 18.2 Å². The Labute approximate surface area is 96.9 Å². The molecule has 0 spiro atoms. The number of nitrogens with zero attached hydrogens (tertiary/aromatic N) is 2. The average Bonchev–Trinajstić information content (AvgIpc) is 2.16. The van der Waals surface area contributed by atoms with Crippen LogP contribution in [0.15, 0.2) is 6.07 Å². The second kappa shape index (κ2) is 5.01. The maximum Gasteiger partial charge on any atom is 0.223 e. The fraction of sp³-hybridized carbons (Fsp3) is 0.636. The lowest BCUT2D eigenvalue weighted by Gasteiger charge is -2.25. The lowest BCUT2D eigenvalue weighted by atomic mass is 10.0. The molecule has 16 heavy (non-hydrogen) atoms. The summed E-state index contributed by atoms with van der Waals surface area (Å²) in [5.41, 5.74) is 5.65. The average molecular weight is 223 g/mol. The van der Waals surface area contributed by atoms with Crippen molar-refractivity contribution < 1.29 is 0 Å². The van der Waals surface area contributed by atoms with Gasteiger partial charge < -0.3 is 16.4 Å². The van der Waals surface area contributed by atoms with E-state index < -0.39 is 0 Å². The van der Waals surface area contributed by atoms with E-state index in [-0.39, 0.29) is 11.5 Å². The summed E-state index contributed by atoms with van der Waals surface area (Å²) in [4.78, 5) is 8.26.